The van der Waals surface area contributed by atoms with Gasteiger partial charge in [0.15, 0.2) is 0 Å². The molecule has 4 heteroatoms. The molecule has 0 saturated heterocycles. The first kappa shape index (κ1) is 16.3. The zero-order valence-electron chi connectivity index (χ0n) is 11.0. The number of aliphatic hydroxyl groups excluding tert-OH is 1. The number of amides is 1. The number of nitrogens with one attached hydrogen (secondary N) is 1. The Hall–Kier alpha value is -0.660. The van der Waals surface area contributed by atoms with Crippen LogP contribution in [0.15, 0.2) is 0 Å². The summed E-state index contributed by atoms with van der Waals surface area (Å²) in [6, 6.07) is 0. The zero-order chi connectivity index (χ0) is 13.3. The van der Waals surface area contributed by atoms with Gasteiger partial charge in [-0.25, -0.2) is 0 Å². The van der Waals surface area contributed by atoms with Crippen LogP contribution in [0.2, 0.25) is 0 Å². The van der Waals surface area contributed by atoms with Gasteiger partial charge in [0.2, 0.25) is 5.91 Å². The third kappa shape index (κ3) is 5.99. The van der Waals surface area contributed by atoms with Crippen LogP contribution < -0.4 is 5.32 Å². The van der Waals surface area contributed by atoms with Gasteiger partial charge in [0.1, 0.15) is 5.54 Å². The molecule has 0 aromatic carbocycles. The predicted octanol–water partition coefficient (Wildman–Crippen LogP) is 1.80. The van der Waals surface area contributed by atoms with E-state index >= 15 is 0 Å². The minimum atomic E-state index is -0.502. The molecule has 0 aliphatic rings. The van der Waals surface area contributed by atoms with Crippen LogP contribution in [-0.4, -0.2) is 34.2 Å². The number of terminal acetylenes is 1. The van der Waals surface area contributed by atoms with Crippen LogP contribution in [0.4, 0.5) is 0 Å². The lowest BCUT2D eigenvalue weighted by atomic mass is 9.94. The summed E-state index contributed by atoms with van der Waals surface area (Å²) in [5, 5.41) is 12.0. The normalized spacial score (nSPS) is 12.9. The van der Waals surface area contributed by atoms with E-state index in [0.29, 0.717) is 12.2 Å². The van der Waals surface area contributed by atoms with Gasteiger partial charge in [0.05, 0.1) is 5.75 Å². The van der Waals surface area contributed by atoms with Crippen LogP contribution in [-0.2, 0) is 4.79 Å². The molecule has 0 rings (SSSR count). The highest BCUT2D eigenvalue weighted by Crippen LogP contribution is 2.16. The topological polar surface area (TPSA) is 49.3 Å². The molecule has 3 nitrogen and oxygen atoms in total. The molecule has 98 valence electrons. The molecule has 0 aromatic heterocycles. The van der Waals surface area contributed by atoms with E-state index in [9.17, 15) is 4.79 Å². The fourth-order valence-corrected chi connectivity index (χ4v) is 2.23. The van der Waals surface area contributed by atoms with E-state index in [1.54, 1.807) is 11.8 Å². The van der Waals surface area contributed by atoms with Crippen molar-refractivity contribution in [3.05, 3.63) is 0 Å². The first-order valence-electron chi connectivity index (χ1n) is 6.04. The summed E-state index contributed by atoms with van der Waals surface area (Å²) in [5.41, 5.74) is -0.502. The Bertz CT molecular complexity index is 269. The number of hydrogen-bond donors (Lipinski definition) is 2. The van der Waals surface area contributed by atoms with E-state index in [2.05, 4.69) is 11.2 Å². The van der Waals surface area contributed by atoms with E-state index in [1.165, 1.54) is 0 Å². The Kier molecular flexibility index (Phi) is 8.11. The van der Waals surface area contributed by atoms with Crippen molar-refractivity contribution >= 4 is 17.7 Å². The van der Waals surface area contributed by atoms with Crippen molar-refractivity contribution in [1.29, 1.82) is 0 Å². The lowest BCUT2D eigenvalue weighted by Gasteiger charge is -2.27. The molecule has 0 aliphatic heterocycles. The third-order valence-electron chi connectivity index (χ3n) is 2.90. The third-order valence-corrected chi connectivity index (χ3v) is 4.13. The minimum absolute atomic E-state index is 0.0264. The summed E-state index contributed by atoms with van der Waals surface area (Å²) in [6.07, 6.45) is 7.66. The van der Waals surface area contributed by atoms with Crippen LogP contribution in [0.25, 0.3) is 0 Å². The van der Waals surface area contributed by atoms with Crippen LogP contribution in [0.5, 0.6) is 0 Å². The highest BCUT2D eigenvalue weighted by Gasteiger charge is 2.25. The quantitative estimate of drug-likeness (QED) is 0.652. The number of thioether (sulfide) groups is 1. The molecule has 1 amide bonds. The summed E-state index contributed by atoms with van der Waals surface area (Å²) in [7, 11) is 0. The fraction of sp³-hybridized carbons (Fsp3) is 0.769. The van der Waals surface area contributed by atoms with Crippen molar-refractivity contribution in [2.45, 2.75) is 50.8 Å². The Labute approximate surface area is 109 Å². The lowest BCUT2D eigenvalue weighted by Crippen LogP contribution is -2.47. The van der Waals surface area contributed by atoms with Crippen LogP contribution in [0, 0.1) is 12.3 Å². The maximum atomic E-state index is 11.8. The Morgan fingerprint density at radius 2 is 2.12 bits per heavy atom. The number of carbonyl (C=O) groups excluding carboxylic acids is 1. The van der Waals surface area contributed by atoms with Crippen molar-refractivity contribution in [1.82, 2.24) is 5.32 Å². The smallest absolute Gasteiger partial charge is 0.231 e. The first-order valence-corrected chi connectivity index (χ1v) is 7.09. The second-order valence-corrected chi connectivity index (χ2v) is 5.54. The highest BCUT2D eigenvalue weighted by molar-refractivity contribution is 8.00. The molecule has 0 fully saturated rings. The van der Waals surface area contributed by atoms with Gasteiger partial charge in [-0.15, -0.1) is 18.2 Å². The molecule has 2 N–H and O–H groups in total. The average Bonchev–Trinajstić information content (AvgIpc) is 2.34. The van der Waals surface area contributed by atoms with E-state index in [0.717, 1.165) is 12.8 Å². The molecule has 0 heterocycles. The van der Waals surface area contributed by atoms with Crippen molar-refractivity contribution in [3.8, 4) is 12.3 Å². The molecular weight excluding hydrogens is 234 g/mol. The van der Waals surface area contributed by atoms with Gasteiger partial charge in [0.25, 0.3) is 0 Å². The monoisotopic (exact) mass is 257 g/mol. The Morgan fingerprint density at radius 1 is 1.53 bits per heavy atom. The van der Waals surface area contributed by atoms with Gasteiger partial charge < -0.3 is 10.4 Å². The first-order chi connectivity index (χ1) is 8.03. The Balaban J connectivity index is 4.13. The predicted molar refractivity (Wildman–Crippen MR) is 73.9 cm³/mol. The van der Waals surface area contributed by atoms with Gasteiger partial charge in [-0.1, -0.05) is 26.7 Å². The standard InChI is InChI=1S/C13H23NO2S/c1-5-13(6-2,7-3)14-12(16)10-17-11(4)8-9-15/h1,11,15H,6-10H2,2-4H3,(H,14,16). The maximum Gasteiger partial charge on any atom is 0.231 e. The van der Waals surface area contributed by atoms with Crippen molar-refractivity contribution in [2.24, 2.45) is 0 Å². The molecular formula is C13H23NO2S. The summed E-state index contributed by atoms with van der Waals surface area (Å²) in [4.78, 5) is 11.8. The van der Waals surface area contributed by atoms with Crippen molar-refractivity contribution < 1.29 is 9.90 Å². The van der Waals surface area contributed by atoms with Gasteiger partial charge in [-0.2, -0.15) is 0 Å². The number of rotatable bonds is 8. The SMILES string of the molecule is C#CC(CC)(CC)NC(=O)CSC(C)CCO. The summed E-state index contributed by atoms with van der Waals surface area (Å²) in [5.74, 6) is 3.04. The van der Waals surface area contributed by atoms with E-state index < -0.39 is 5.54 Å². The molecule has 17 heavy (non-hydrogen) atoms. The summed E-state index contributed by atoms with van der Waals surface area (Å²) >= 11 is 1.54. The average molecular weight is 257 g/mol. The van der Waals surface area contributed by atoms with Gasteiger partial charge in [-0.3, -0.25) is 4.79 Å². The van der Waals surface area contributed by atoms with Crippen LogP contribution in [0.1, 0.15) is 40.0 Å². The number of carbonyl (C=O) groups is 1. The highest BCUT2D eigenvalue weighted by atomic mass is 32.2. The molecule has 0 spiro atoms. The van der Waals surface area contributed by atoms with Crippen molar-refractivity contribution in [2.75, 3.05) is 12.4 Å². The summed E-state index contributed by atoms with van der Waals surface area (Å²) in [6.45, 7) is 6.12. The minimum Gasteiger partial charge on any atom is -0.396 e. The molecule has 1 atom stereocenters. The van der Waals surface area contributed by atoms with Gasteiger partial charge >= 0.3 is 0 Å². The van der Waals surface area contributed by atoms with Crippen LogP contribution in [0.3, 0.4) is 0 Å². The van der Waals surface area contributed by atoms with E-state index in [4.69, 9.17) is 11.5 Å². The number of aliphatic hydroxyl groups is 1. The van der Waals surface area contributed by atoms with Crippen molar-refractivity contribution in [3.63, 3.8) is 0 Å². The fourth-order valence-electron chi connectivity index (χ4n) is 1.45. The largest absolute Gasteiger partial charge is 0.396 e. The number of hydrogen-bond acceptors (Lipinski definition) is 3. The van der Waals surface area contributed by atoms with Gasteiger partial charge in [-0.05, 0) is 19.3 Å². The van der Waals surface area contributed by atoms with Gasteiger partial charge in [0, 0.05) is 11.9 Å². The molecule has 0 saturated carbocycles. The molecule has 0 radical (unpaired) electrons. The zero-order valence-corrected chi connectivity index (χ0v) is 11.8. The lowest BCUT2D eigenvalue weighted by molar-refractivity contribution is -0.119. The molecule has 1 unspecified atom stereocenters. The molecule has 0 bridgehead atoms. The van der Waals surface area contributed by atoms with E-state index in [-0.39, 0.29) is 17.8 Å². The molecule has 0 aromatic rings. The second kappa shape index (κ2) is 8.43. The van der Waals surface area contributed by atoms with E-state index in [1.807, 2.05) is 20.8 Å². The second-order valence-electron chi connectivity index (χ2n) is 4.12. The summed E-state index contributed by atoms with van der Waals surface area (Å²) < 4.78 is 0. The van der Waals surface area contributed by atoms with Crippen LogP contribution >= 0.6 is 11.8 Å². The molecule has 0 aliphatic carbocycles. The maximum absolute atomic E-state index is 11.8. The Morgan fingerprint density at radius 3 is 2.53 bits per heavy atom.